The van der Waals surface area contributed by atoms with Gasteiger partial charge in [-0.15, -0.1) is 0 Å². The Balaban J connectivity index is 0.000000317. The molecule has 0 spiro atoms. The van der Waals surface area contributed by atoms with Gasteiger partial charge < -0.3 is 0 Å². The molecule has 0 amide bonds. The van der Waals surface area contributed by atoms with Gasteiger partial charge in [0.2, 0.25) is 0 Å². The molecule has 6 rings (SSSR count). The zero-order valence-electron chi connectivity index (χ0n) is 19.4. The topological polar surface area (TPSA) is 34.1 Å². The van der Waals surface area contributed by atoms with Crippen LogP contribution >= 0.6 is 0 Å². The van der Waals surface area contributed by atoms with Crippen LogP contribution < -0.4 is 0 Å². The smallest absolute Gasteiger partial charge is 0.190 e. The molecule has 5 aliphatic carbocycles. The van der Waals surface area contributed by atoms with Crippen molar-refractivity contribution in [1.82, 2.24) is 0 Å². The van der Waals surface area contributed by atoms with Crippen molar-refractivity contribution < 1.29 is 43.7 Å². The number of benzene rings is 1. The number of carbonyl (C=O) groups excluding carboxylic acids is 2. The quantitative estimate of drug-likeness (QED) is 0.374. The summed E-state index contributed by atoms with van der Waals surface area (Å²) >= 11 is 0. The summed E-state index contributed by atoms with van der Waals surface area (Å²) in [5, 5.41) is 0. The van der Waals surface area contributed by atoms with Crippen LogP contribution in [0.5, 0.6) is 0 Å². The van der Waals surface area contributed by atoms with Crippen LogP contribution in [-0.4, -0.2) is 11.6 Å². The molecule has 36 heavy (non-hydrogen) atoms. The SMILES string of the molecule is O=C1C=C(c2ccccc2)C(=O)C([C]2[CH][CH][CH][CH]2)=C1[C]1[CH][CH][CH][CH]1.[CH]1[CH][CH][CH][CH]1.[CH]1[CH][CH][CH][CH]1.[Fe].[Fe]. The predicted molar refractivity (Wildman–Crippen MR) is 135 cm³/mol. The number of ketones is 2. The molecule has 180 valence electrons. The molecule has 0 N–H and O–H groups in total. The van der Waals surface area contributed by atoms with E-state index in [0.29, 0.717) is 16.7 Å². The fourth-order valence-corrected chi connectivity index (χ4v) is 3.76. The minimum absolute atomic E-state index is 0. The summed E-state index contributed by atoms with van der Waals surface area (Å²) in [7, 11) is 0. The van der Waals surface area contributed by atoms with Crippen LogP contribution in [0.25, 0.3) is 5.57 Å². The van der Waals surface area contributed by atoms with Crippen LogP contribution in [0.1, 0.15) is 5.56 Å². The van der Waals surface area contributed by atoms with E-state index in [1.54, 1.807) is 0 Å². The predicted octanol–water partition coefficient (Wildman–Crippen LogP) is 5.37. The van der Waals surface area contributed by atoms with Crippen molar-refractivity contribution in [2.45, 2.75) is 0 Å². The monoisotopic (exact) mass is 552 g/mol. The second kappa shape index (κ2) is 16.8. The van der Waals surface area contributed by atoms with Gasteiger partial charge in [-0.05, 0) is 127 Å². The molecule has 20 radical (unpaired) electrons. The largest absolute Gasteiger partial charge is 0.290 e. The number of carbonyl (C=O) groups is 2. The Morgan fingerprint density at radius 2 is 0.833 bits per heavy atom. The Kier molecular flexibility index (Phi) is 14.6. The summed E-state index contributed by atoms with van der Waals surface area (Å²) < 4.78 is 0. The Morgan fingerprint density at radius 3 is 1.25 bits per heavy atom. The van der Waals surface area contributed by atoms with Crippen molar-refractivity contribution in [1.29, 1.82) is 0 Å². The molecule has 5 aliphatic rings. The minimum Gasteiger partial charge on any atom is -0.290 e. The van der Waals surface area contributed by atoms with E-state index < -0.39 is 0 Å². The first-order valence-corrected chi connectivity index (χ1v) is 11.1. The Morgan fingerprint density at radius 1 is 0.444 bits per heavy atom. The fourth-order valence-electron chi connectivity index (χ4n) is 3.76. The van der Waals surface area contributed by atoms with E-state index in [4.69, 9.17) is 0 Å². The molecule has 1 aromatic carbocycles. The summed E-state index contributed by atoms with van der Waals surface area (Å²) in [6.07, 6.45) is 36.4. The maximum absolute atomic E-state index is 13.2. The van der Waals surface area contributed by atoms with Gasteiger partial charge in [0, 0.05) is 62.7 Å². The van der Waals surface area contributed by atoms with Gasteiger partial charge in [-0.3, -0.25) is 9.59 Å². The average molecular weight is 552 g/mol. The van der Waals surface area contributed by atoms with E-state index in [-0.39, 0.29) is 45.7 Å². The second-order valence-corrected chi connectivity index (χ2v) is 7.64. The third-order valence-electron chi connectivity index (χ3n) is 5.34. The molecule has 4 fully saturated rings. The van der Waals surface area contributed by atoms with Crippen molar-refractivity contribution in [3.63, 3.8) is 0 Å². The average Bonchev–Trinajstić information content (AvgIpc) is 3.70. The Hall–Kier alpha value is -0.921. The van der Waals surface area contributed by atoms with Gasteiger partial charge in [-0.2, -0.15) is 0 Å². The molecule has 0 aliphatic heterocycles. The fraction of sp³-hybridized carbons (Fsp3) is 0. The summed E-state index contributed by atoms with van der Waals surface area (Å²) in [6.45, 7) is 0. The standard InChI is InChI=1S/C22H14O2.2C5H5.2Fe/c23-19-14-18(15-8-2-1-3-9-15)22(24)21(17-12-6-7-13-17)20(19)16-10-4-5-11-16;2*1-2-4-5-3-1;;/h1-14H;2*1-5H;;. The van der Waals surface area contributed by atoms with E-state index in [1.807, 2.05) is 146 Å². The first-order chi connectivity index (χ1) is 16.8. The summed E-state index contributed by atoms with van der Waals surface area (Å²) in [5.74, 6) is 1.33. The van der Waals surface area contributed by atoms with Crippen LogP contribution in [0.15, 0.2) is 47.6 Å². The molecule has 0 heterocycles. The van der Waals surface area contributed by atoms with Gasteiger partial charge in [0.15, 0.2) is 11.6 Å². The summed E-state index contributed by atoms with van der Waals surface area (Å²) in [6, 6.07) is 9.34. The zero-order chi connectivity index (χ0) is 23.6. The van der Waals surface area contributed by atoms with Crippen LogP contribution in [0, 0.1) is 127 Å². The molecule has 0 atom stereocenters. The summed E-state index contributed by atoms with van der Waals surface area (Å²) in [5.41, 5.74) is 2.18. The molecule has 4 saturated carbocycles. The third kappa shape index (κ3) is 8.56. The Labute approximate surface area is 240 Å². The van der Waals surface area contributed by atoms with Crippen molar-refractivity contribution >= 4 is 17.1 Å². The number of allylic oxidation sites excluding steroid dienone is 4. The van der Waals surface area contributed by atoms with Crippen LogP contribution in [0.4, 0.5) is 0 Å². The number of hydrogen-bond donors (Lipinski definition) is 0. The van der Waals surface area contributed by atoms with E-state index in [2.05, 4.69) is 0 Å². The second-order valence-electron chi connectivity index (χ2n) is 7.64. The van der Waals surface area contributed by atoms with E-state index in [9.17, 15) is 9.59 Å². The first-order valence-electron chi connectivity index (χ1n) is 11.1. The number of hydrogen-bond acceptors (Lipinski definition) is 2. The van der Waals surface area contributed by atoms with Crippen LogP contribution in [0.2, 0.25) is 0 Å². The summed E-state index contributed by atoms with van der Waals surface area (Å²) in [4.78, 5) is 26.0. The van der Waals surface area contributed by atoms with E-state index in [1.165, 1.54) is 6.08 Å². The normalized spacial score (nSPS) is 22.2. The molecule has 0 unspecified atom stereocenters. The van der Waals surface area contributed by atoms with Crippen molar-refractivity contribution in [3.05, 3.63) is 181 Å². The Bertz CT molecular complexity index is 841. The van der Waals surface area contributed by atoms with Gasteiger partial charge in [0.25, 0.3) is 0 Å². The number of Topliss-reactive ketones (excluding diaryl/α,β-unsaturated/α-hetero) is 1. The third-order valence-corrected chi connectivity index (χ3v) is 5.34. The first kappa shape index (κ1) is 31.3. The van der Waals surface area contributed by atoms with Gasteiger partial charge >= 0.3 is 0 Å². The van der Waals surface area contributed by atoms with E-state index >= 15 is 0 Å². The molecule has 2 nitrogen and oxygen atoms in total. The molecule has 1 aromatic rings. The molecule has 0 saturated heterocycles. The van der Waals surface area contributed by atoms with Gasteiger partial charge in [-0.25, -0.2) is 0 Å². The van der Waals surface area contributed by atoms with Gasteiger partial charge in [0.1, 0.15) is 0 Å². The van der Waals surface area contributed by atoms with Crippen LogP contribution in [-0.2, 0) is 43.7 Å². The van der Waals surface area contributed by atoms with Crippen molar-refractivity contribution in [2.24, 2.45) is 0 Å². The molecule has 0 bridgehead atoms. The van der Waals surface area contributed by atoms with Gasteiger partial charge in [0.05, 0.1) is 0 Å². The molecular formula is C32H24Fe2O2. The zero-order valence-corrected chi connectivity index (χ0v) is 21.6. The molecular weight excluding hydrogens is 528 g/mol. The maximum atomic E-state index is 13.2. The van der Waals surface area contributed by atoms with Crippen LogP contribution in [0.3, 0.4) is 0 Å². The molecule has 0 aromatic heterocycles. The minimum atomic E-state index is -0.129. The maximum Gasteiger partial charge on any atom is 0.190 e. The van der Waals surface area contributed by atoms with Crippen molar-refractivity contribution in [3.8, 4) is 0 Å². The molecule has 4 heteroatoms. The van der Waals surface area contributed by atoms with E-state index in [0.717, 1.165) is 17.4 Å². The number of rotatable bonds is 3. The van der Waals surface area contributed by atoms with Gasteiger partial charge in [-0.1, -0.05) is 30.3 Å². The van der Waals surface area contributed by atoms with Crippen molar-refractivity contribution in [2.75, 3.05) is 0 Å².